The second kappa shape index (κ2) is 6.70. The van der Waals surface area contributed by atoms with Gasteiger partial charge in [-0.25, -0.2) is 23.4 Å². The van der Waals surface area contributed by atoms with Crippen molar-refractivity contribution < 1.29 is 27.5 Å². The molecule has 1 atom stereocenters. The van der Waals surface area contributed by atoms with Crippen LogP contribution in [0.5, 0.6) is 0 Å². The van der Waals surface area contributed by atoms with E-state index in [4.69, 9.17) is 4.74 Å². The molecule has 8 heteroatoms. The van der Waals surface area contributed by atoms with Gasteiger partial charge in [0.2, 0.25) is 5.91 Å². The van der Waals surface area contributed by atoms with Gasteiger partial charge in [0.05, 0.1) is 5.92 Å². The predicted molar refractivity (Wildman–Crippen MR) is 79.4 cm³/mol. The third kappa shape index (κ3) is 4.18. The zero-order valence-electron chi connectivity index (χ0n) is 13.7. The van der Waals surface area contributed by atoms with Crippen molar-refractivity contribution in [1.29, 1.82) is 0 Å². The van der Waals surface area contributed by atoms with E-state index in [1.54, 1.807) is 20.8 Å². The summed E-state index contributed by atoms with van der Waals surface area (Å²) in [7, 11) is 0. The summed E-state index contributed by atoms with van der Waals surface area (Å²) in [5.74, 6) is -5.67. The van der Waals surface area contributed by atoms with Gasteiger partial charge in [0.25, 0.3) is 0 Å². The van der Waals surface area contributed by atoms with Crippen molar-refractivity contribution in [2.75, 3.05) is 6.54 Å². The van der Waals surface area contributed by atoms with Gasteiger partial charge in [-0.2, -0.15) is 0 Å². The number of amides is 2. The Balaban J connectivity index is 2.14. The van der Waals surface area contributed by atoms with Crippen molar-refractivity contribution in [2.24, 2.45) is 0 Å². The zero-order chi connectivity index (χ0) is 18.1. The molecule has 2 amide bonds. The van der Waals surface area contributed by atoms with Crippen LogP contribution in [-0.2, 0) is 9.53 Å². The summed E-state index contributed by atoms with van der Waals surface area (Å²) < 4.78 is 44.9. The highest BCUT2D eigenvalue weighted by Crippen LogP contribution is 2.29. The summed E-state index contributed by atoms with van der Waals surface area (Å²) in [5, 5.41) is 1.06. The molecule has 1 N–H and O–H groups in total. The summed E-state index contributed by atoms with van der Waals surface area (Å²) in [5.41, 5.74) is 1.63. The van der Waals surface area contributed by atoms with Crippen LogP contribution in [0.3, 0.4) is 0 Å². The SMILES string of the molecule is CC(C)(C)OC(=O)NN1CCCC(c2cc(F)c(F)c(F)c2)C1=O. The summed E-state index contributed by atoms with van der Waals surface area (Å²) in [6.07, 6.45) is 0.0517. The normalized spacial score (nSPS) is 18.5. The first-order valence-electron chi connectivity index (χ1n) is 7.54. The van der Waals surface area contributed by atoms with E-state index >= 15 is 0 Å². The molecule has 0 aromatic heterocycles. The molecule has 0 aliphatic carbocycles. The monoisotopic (exact) mass is 344 g/mol. The Morgan fingerprint density at radius 2 is 1.83 bits per heavy atom. The van der Waals surface area contributed by atoms with E-state index < -0.39 is 41.0 Å². The molecule has 1 aliphatic rings. The van der Waals surface area contributed by atoms with Crippen molar-refractivity contribution >= 4 is 12.0 Å². The number of nitrogens with one attached hydrogen (secondary N) is 1. The maximum atomic E-state index is 13.4. The predicted octanol–water partition coefficient (Wildman–Crippen LogP) is 3.25. The second-order valence-corrected chi connectivity index (χ2v) is 6.60. The van der Waals surface area contributed by atoms with Crippen molar-refractivity contribution in [3.8, 4) is 0 Å². The van der Waals surface area contributed by atoms with Crippen LogP contribution in [0.1, 0.15) is 45.1 Å². The van der Waals surface area contributed by atoms with E-state index in [0.717, 1.165) is 17.1 Å². The molecule has 5 nitrogen and oxygen atoms in total. The van der Waals surface area contributed by atoms with Gasteiger partial charge in [-0.3, -0.25) is 9.80 Å². The Bertz CT molecular complexity index is 635. The van der Waals surface area contributed by atoms with Gasteiger partial charge < -0.3 is 4.74 Å². The molecule has 0 saturated carbocycles. The molecule has 1 unspecified atom stereocenters. The smallest absolute Gasteiger partial charge is 0.426 e. The minimum absolute atomic E-state index is 0.0343. The van der Waals surface area contributed by atoms with Crippen LogP contribution in [0.2, 0.25) is 0 Å². The van der Waals surface area contributed by atoms with E-state index in [1.165, 1.54) is 0 Å². The topological polar surface area (TPSA) is 58.6 Å². The Morgan fingerprint density at radius 1 is 1.25 bits per heavy atom. The molecule has 0 bridgehead atoms. The summed E-state index contributed by atoms with van der Waals surface area (Å²) in [6, 6.07) is 1.61. The highest BCUT2D eigenvalue weighted by molar-refractivity contribution is 5.86. The van der Waals surface area contributed by atoms with E-state index in [-0.39, 0.29) is 12.1 Å². The van der Waals surface area contributed by atoms with Gasteiger partial charge in [-0.15, -0.1) is 0 Å². The van der Waals surface area contributed by atoms with E-state index in [2.05, 4.69) is 5.43 Å². The molecular weight excluding hydrogens is 325 g/mol. The fourth-order valence-electron chi connectivity index (χ4n) is 2.48. The number of halogens is 3. The van der Waals surface area contributed by atoms with Crippen molar-refractivity contribution in [3.63, 3.8) is 0 Å². The molecular formula is C16H19F3N2O3. The highest BCUT2D eigenvalue weighted by Gasteiger charge is 2.33. The number of hydrogen-bond donors (Lipinski definition) is 1. The molecule has 0 radical (unpaired) electrons. The first-order valence-corrected chi connectivity index (χ1v) is 7.54. The molecule has 0 spiro atoms. The average molecular weight is 344 g/mol. The number of hydrogen-bond acceptors (Lipinski definition) is 3. The maximum Gasteiger partial charge on any atom is 0.426 e. The van der Waals surface area contributed by atoms with Crippen LogP contribution in [-0.4, -0.2) is 29.2 Å². The fraction of sp³-hybridized carbons (Fsp3) is 0.500. The largest absolute Gasteiger partial charge is 0.443 e. The van der Waals surface area contributed by atoms with Gasteiger partial charge >= 0.3 is 6.09 Å². The minimum Gasteiger partial charge on any atom is -0.443 e. The number of carbonyl (C=O) groups is 2. The van der Waals surface area contributed by atoms with Gasteiger partial charge in [0.15, 0.2) is 17.5 Å². The number of piperidine rings is 1. The van der Waals surface area contributed by atoms with Crippen LogP contribution in [0.15, 0.2) is 12.1 Å². The van der Waals surface area contributed by atoms with Crippen molar-refractivity contribution in [2.45, 2.75) is 45.1 Å². The number of hydrazine groups is 1. The lowest BCUT2D eigenvalue weighted by atomic mass is 9.90. The fourth-order valence-corrected chi connectivity index (χ4v) is 2.48. The molecule has 1 aromatic rings. The van der Waals surface area contributed by atoms with E-state index in [0.29, 0.717) is 12.8 Å². The molecule has 132 valence electrons. The number of carbonyl (C=O) groups excluding carboxylic acids is 2. The van der Waals surface area contributed by atoms with Crippen molar-refractivity contribution in [3.05, 3.63) is 35.1 Å². The van der Waals surface area contributed by atoms with Crippen LogP contribution in [0, 0.1) is 17.5 Å². The van der Waals surface area contributed by atoms with Gasteiger partial charge in [0, 0.05) is 6.54 Å². The standard InChI is InChI=1S/C16H19F3N2O3/c1-16(2,3)24-15(23)20-21-6-4-5-10(14(21)22)9-7-11(17)13(19)12(18)8-9/h7-8,10H,4-6H2,1-3H3,(H,20,23). The first-order chi connectivity index (χ1) is 11.1. The number of benzene rings is 1. The van der Waals surface area contributed by atoms with Crippen LogP contribution < -0.4 is 5.43 Å². The number of ether oxygens (including phenoxy) is 1. The summed E-state index contributed by atoms with van der Waals surface area (Å²) in [4.78, 5) is 24.2. The lowest BCUT2D eigenvalue weighted by molar-refractivity contribution is -0.138. The van der Waals surface area contributed by atoms with E-state index in [9.17, 15) is 22.8 Å². The Kier molecular flexibility index (Phi) is 5.05. The molecule has 1 saturated heterocycles. The number of rotatable bonds is 2. The molecule has 1 heterocycles. The lowest BCUT2D eigenvalue weighted by Gasteiger charge is -2.33. The van der Waals surface area contributed by atoms with Gasteiger partial charge in [-0.05, 0) is 51.3 Å². The average Bonchev–Trinajstić information content (AvgIpc) is 2.44. The van der Waals surface area contributed by atoms with Gasteiger partial charge in [-0.1, -0.05) is 0 Å². The van der Waals surface area contributed by atoms with Gasteiger partial charge in [0.1, 0.15) is 5.60 Å². The highest BCUT2D eigenvalue weighted by atomic mass is 19.2. The Hall–Kier alpha value is -2.25. The molecule has 24 heavy (non-hydrogen) atoms. The quantitative estimate of drug-likeness (QED) is 0.838. The molecule has 1 aromatic carbocycles. The first kappa shape index (κ1) is 18.1. The molecule has 2 rings (SSSR count). The minimum atomic E-state index is -1.58. The number of nitrogens with zero attached hydrogens (tertiary/aromatic N) is 1. The van der Waals surface area contributed by atoms with Crippen LogP contribution >= 0.6 is 0 Å². The van der Waals surface area contributed by atoms with E-state index in [1.807, 2.05) is 0 Å². The third-order valence-corrected chi connectivity index (χ3v) is 3.47. The summed E-state index contributed by atoms with van der Waals surface area (Å²) in [6.45, 7) is 5.28. The molecule has 1 aliphatic heterocycles. The Morgan fingerprint density at radius 3 is 2.38 bits per heavy atom. The van der Waals surface area contributed by atoms with Crippen LogP contribution in [0.25, 0.3) is 0 Å². The lowest BCUT2D eigenvalue weighted by Crippen LogP contribution is -2.52. The van der Waals surface area contributed by atoms with Crippen LogP contribution in [0.4, 0.5) is 18.0 Å². The second-order valence-electron chi connectivity index (χ2n) is 6.60. The Labute approximate surface area is 137 Å². The van der Waals surface area contributed by atoms with Crippen molar-refractivity contribution in [1.82, 2.24) is 10.4 Å². The molecule has 1 fully saturated rings. The zero-order valence-corrected chi connectivity index (χ0v) is 13.7. The third-order valence-electron chi connectivity index (χ3n) is 3.47. The maximum absolute atomic E-state index is 13.4. The summed E-state index contributed by atoms with van der Waals surface area (Å²) >= 11 is 0.